The Morgan fingerprint density at radius 3 is 2.67 bits per heavy atom. The fraction of sp³-hybridized carbons (Fsp3) is 0. The van der Waals surface area contributed by atoms with Crippen molar-refractivity contribution in [2.24, 2.45) is 0 Å². The van der Waals surface area contributed by atoms with E-state index in [-0.39, 0.29) is 16.5 Å². The van der Waals surface area contributed by atoms with Crippen LogP contribution in [-0.2, 0) is 0 Å². The van der Waals surface area contributed by atoms with Crippen molar-refractivity contribution in [3.05, 3.63) is 57.0 Å². The summed E-state index contributed by atoms with van der Waals surface area (Å²) in [5, 5.41) is 22.4. The molecule has 0 aliphatic heterocycles. The van der Waals surface area contributed by atoms with Crippen molar-refractivity contribution in [2.45, 2.75) is 0 Å². The van der Waals surface area contributed by atoms with Gasteiger partial charge >= 0.3 is 11.7 Å². The number of pyridine rings is 1. The minimum absolute atomic E-state index is 0.0136. The average Bonchev–Trinajstić information content (AvgIpc) is 2.36. The second-order valence-electron chi connectivity index (χ2n) is 3.93. The van der Waals surface area contributed by atoms with E-state index in [1.807, 2.05) is 0 Å². The molecule has 1 aromatic carbocycles. The summed E-state index contributed by atoms with van der Waals surface area (Å²) in [6, 6.07) is 4.60. The molecule has 0 atom stereocenters. The van der Waals surface area contributed by atoms with Crippen LogP contribution in [0.2, 0.25) is 5.02 Å². The summed E-state index contributed by atoms with van der Waals surface area (Å²) in [5.74, 6) is -2.05. The summed E-state index contributed by atoms with van der Waals surface area (Å²) in [4.78, 5) is 24.6. The van der Waals surface area contributed by atoms with Gasteiger partial charge in [0.2, 0.25) is 0 Å². The fourth-order valence-electron chi connectivity index (χ4n) is 1.61. The van der Waals surface area contributed by atoms with Crippen molar-refractivity contribution in [3.8, 4) is 0 Å². The standard InChI is InChI=1S/C12H7ClFN3O4/c13-6-1-7(14)3-8(2-6)16-11-4-9(12(18)19)10(5-15-11)17(20)21/h1-5H,(H,15,16)(H,18,19). The van der Waals surface area contributed by atoms with Crippen molar-refractivity contribution in [1.29, 1.82) is 0 Å². The van der Waals surface area contributed by atoms with Gasteiger partial charge < -0.3 is 10.4 Å². The SMILES string of the molecule is O=C(O)c1cc(Nc2cc(F)cc(Cl)c2)ncc1[N+](=O)[O-]. The summed E-state index contributed by atoms with van der Waals surface area (Å²) in [7, 11) is 0. The van der Waals surface area contributed by atoms with Gasteiger partial charge in [-0.15, -0.1) is 0 Å². The average molecular weight is 312 g/mol. The molecule has 2 rings (SSSR count). The smallest absolute Gasteiger partial charge is 0.342 e. The number of carbonyl (C=O) groups is 1. The Bertz CT molecular complexity index is 718. The molecule has 21 heavy (non-hydrogen) atoms. The van der Waals surface area contributed by atoms with Crippen molar-refractivity contribution >= 4 is 34.8 Å². The maximum Gasteiger partial charge on any atom is 0.342 e. The summed E-state index contributed by atoms with van der Waals surface area (Å²) >= 11 is 5.68. The second kappa shape index (κ2) is 5.71. The molecular formula is C12H7ClFN3O4. The van der Waals surface area contributed by atoms with E-state index >= 15 is 0 Å². The van der Waals surface area contributed by atoms with Gasteiger partial charge in [0.05, 0.1) is 4.92 Å². The maximum absolute atomic E-state index is 13.2. The number of aromatic carboxylic acids is 1. The van der Waals surface area contributed by atoms with Crippen LogP contribution in [0.15, 0.2) is 30.5 Å². The molecule has 0 spiro atoms. The number of nitrogens with one attached hydrogen (secondary N) is 1. The number of nitrogens with zero attached hydrogens (tertiary/aromatic N) is 2. The molecule has 0 aliphatic carbocycles. The lowest BCUT2D eigenvalue weighted by atomic mass is 10.2. The van der Waals surface area contributed by atoms with Crippen molar-refractivity contribution in [3.63, 3.8) is 0 Å². The zero-order valence-corrected chi connectivity index (χ0v) is 11.0. The third kappa shape index (κ3) is 3.42. The highest BCUT2D eigenvalue weighted by molar-refractivity contribution is 6.30. The Morgan fingerprint density at radius 1 is 1.38 bits per heavy atom. The van der Waals surface area contributed by atoms with Crippen LogP contribution in [0.3, 0.4) is 0 Å². The van der Waals surface area contributed by atoms with Gasteiger partial charge in [0.1, 0.15) is 23.4 Å². The first kappa shape index (κ1) is 14.7. The van der Waals surface area contributed by atoms with E-state index in [4.69, 9.17) is 16.7 Å². The summed E-state index contributed by atoms with van der Waals surface area (Å²) in [6.45, 7) is 0. The predicted molar refractivity (Wildman–Crippen MR) is 72.5 cm³/mol. The second-order valence-corrected chi connectivity index (χ2v) is 4.37. The van der Waals surface area contributed by atoms with E-state index < -0.39 is 28.0 Å². The molecule has 2 aromatic rings. The van der Waals surface area contributed by atoms with Crippen molar-refractivity contribution in [2.75, 3.05) is 5.32 Å². The monoisotopic (exact) mass is 311 g/mol. The molecule has 0 saturated heterocycles. The van der Waals surface area contributed by atoms with Crippen molar-refractivity contribution < 1.29 is 19.2 Å². The highest BCUT2D eigenvalue weighted by Gasteiger charge is 2.21. The highest BCUT2D eigenvalue weighted by Crippen LogP contribution is 2.24. The lowest BCUT2D eigenvalue weighted by Gasteiger charge is -2.07. The first-order chi connectivity index (χ1) is 9.86. The van der Waals surface area contributed by atoms with Gasteiger partial charge in [-0.05, 0) is 18.2 Å². The summed E-state index contributed by atoms with van der Waals surface area (Å²) in [6.07, 6.45) is 0.812. The molecule has 1 aromatic heterocycles. The molecule has 0 radical (unpaired) electrons. The number of carboxylic acid groups (broad SMARTS) is 1. The van der Waals surface area contributed by atoms with Gasteiger partial charge in [-0.1, -0.05) is 11.6 Å². The van der Waals surface area contributed by atoms with Crippen LogP contribution in [0.1, 0.15) is 10.4 Å². The number of halogens is 2. The topological polar surface area (TPSA) is 105 Å². The van der Waals surface area contributed by atoms with E-state index in [0.717, 1.165) is 24.4 Å². The molecule has 9 heteroatoms. The van der Waals surface area contributed by atoms with Crippen LogP contribution in [0, 0.1) is 15.9 Å². The molecule has 0 amide bonds. The predicted octanol–water partition coefficient (Wildman–Crippen LogP) is 3.22. The minimum Gasteiger partial charge on any atom is -0.477 e. The first-order valence-electron chi connectivity index (χ1n) is 5.47. The van der Waals surface area contributed by atoms with Crippen LogP contribution in [0.25, 0.3) is 0 Å². The van der Waals surface area contributed by atoms with Gasteiger partial charge in [0.25, 0.3) is 0 Å². The van der Waals surface area contributed by atoms with Gasteiger partial charge in [-0.2, -0.15) is 0 Å². The van der Waals surface area contributed by atoms with Gasteiger partial charge in [0.15, 0.2) is 0 Å². The number of aromatic nitrogens is 1. The Labute approximate surface area is 122 Å². The molecule has 7 nitrogen and oxygen atoms in total. The number of nitro groups is 1. The minimum atomic E-state index is -1.47. The molecule has 0 unspecified atom stereocenters. The Hall–Kier alpha value is -2.74. The van der Waals surface area contributed by atoms with Crippen LogP contribution < -0.4 is 5.32 Å². The Morgan fingerprint density at radius 2 is 2.10 bits per heavy atom. The van der Waals surface area contributed by atoms with Crippen LogP contribution in [-0.4, -0.2) is 21.0 Å². The van der Waals surface area contributed by atoms with Crippen LogP contribution >= 0.6 is 11.6 Å². The van der Waals surface area contributed by atoms with E-state index in [9.17, 15) is 19.3 Å². The van der Waals surface area contributed by atoms with Crippen LogP contribution in [0.4, 0.5) is 21.6 Å². The third-order valence-electron chi connectivity index (χ3n) is 2.44. The summed E-state index contributed by atoms with van der Waals surface area (Å²) < 4.78 is 13.2. The number of hydrogen-bond acceptors (Lipinski definition) is 5. The normalized spacial score (nSPS) is 10.2. The summed E-state index contributed by atoms with van der Waals surface area (Å²) in [5.41, 5.74) is -0.928. The fourth-order valence-corrected chi connectivity index (χ4v) is 1.83. The molecule has 0 aliphatic rings. The first-order valence-corrected chi connectivity index (χ1v) is 5.85. The molecule has 0 saturated carbocycles. The Balaban J connectivity index is 2.39. The van der Waals surface area contributed by atoms with Crippen molar-refractivity contribution in [1.82, 2.24) is 4.98 Å². The number of benzene rings is 1. The molecule has 1 heterocycles. The molecule has 108 valence electrons. The van der Waals surface area contributed by atoms with E-state index in [0.29, 0.717) is 0 Å². The van der Waals surface area contributed by atoms with Gasteiger partial charge in [-0.25, -0.2) is 14.2 Å². The van der Waals surface area contributed by atoms with Gasteiger partial charge in [-0.3, -0.25) is 10.1 Å². The number of rotatable bonds is 4. The molecule has 0 bridgehead atoms. The van der Waals surface area contributed by atoms with Crippen LogP contribution in [0.5, 0.6) is 0 Å². The highest BCUT2D eigenvalue weighted by atomic mass is 35.5. The molecular weight excluding hydrogens is 305 g/mol. The lowest BCUT2D eigenvalue weighted by molar-refractivity contribution is -0.385. The lowest BCUT2D eigenvalue weighted by Crippen LogP contribution is -2.05. The number of hydrogen-bond donors (Lipinski definition) is 2. The number of carboxylic acids is 1. The zero-order chi connectivity index (χ0) is 15.6. The quantitative estimate of drug-likeness (QED) is 0.663. The largest absolute Gasteiger partial charge is 0.477 e. The molecule has 2 N–H and O–H groups in total. The maximum atomic E-state index is 13.2. The van der Waals surface area contributed by atoms with E-state index in [1.54, 1.807) is 0 Å². The number of anilines is 2. The third-order valence-corrected chi connectivity index (χ3v) is 2.66. The zero-order valence-electron chi connectivity index (χ0n) is 10.2. The van der Waals surface area contributed by atoms with E-state index in [1.165, 1.54) is 6.07 Å². The van der Waals surface area contributed by atoms with E-state index in [2.05, 4.69) is 10.3 Å². The molecule has 0 fully saturated rings. The van der Waals surface area contributed by atoms with Gasteiger partial charge in [0, 0.05) is 16.8 Å². The Kier molecular flexibility index (Phi) is 3.99.